The maximum absolute atomic E-state index is 5.42. The molecular weight excluding hydrogens is 238 g/mol. The Hall–Kier alpha value is -0.870. The first kappa shape index (κ1) is 14.5. The van der Waals surface area contributed by atoms with Crippen molar-refractivity contribution in [3.05, 3.63) is 17.5 Å². The molecule has 2 rings (SSSR count). The standard InChI is InChI=1S/C15H27N3O/c1-11(15(2,3)4)18(5)10-14-8-13(17-19-14)9-16-12-6-7-12/h8,11-12,16H,6-7,9-10H2,1-5H3. The zero-order valence-corrected chi connectivity index (χ0v) is 12.9. The predicted molar refractivity (Wildman–Crippen MR) is 76.7 cm³/mol. The van der Waals surface area contributed by atoms with Crippen LogP contribution >= 0.6 is 0 Å². The number of rotatable bonds is 6. The van der Waals surface area contributed by atoms with Crippen LogP contribution in [0.2, 0.25) is 0 Å². The van der Waals surface area contributed by atoms with Gasteiger partial charge in [0.2, 0.25) is 0 Å². The van der Waals surface area contributed by atoms with Crippen molar-refractivity contribution in [3.63, 3.8) is 0 Å². The lowest BCUT2D eigenvalue weighted by Gasteiger charge is -2.34. The van der Waals surface area contributed by atoms with E-state index in [-0.39, 0.29) is 5.41 Å². The Morgan fingerprint density at radius 3 is 2.74 bits per heavy atom. The molecule has 1 aliphatic carbocycles. The van der Waals surface area contributed by atoms with Gasteiger partial charge in [0.05, 0.1) is 12.2 Å². The van der Waals surface area contributed by atoms with Crippen molar-refractivity contribution in [2.45, 2.75) is 65.7 Å². The molecule has 0 amide bonds. The summed E-state index contributed by atoms with van der Waals surface area (Å²) >= 11 is 0. The van der Waals surface area contributed by atoms with Crippen LogP contribution in [-0.4, -0.2) is 29.2 Å². The fourth-order valence-corrected chi connectivity index (χ4v) is 2.09. The van der Waals surface area contributed by atoms with Gasteiger partial charge in [-0.25, -0.2) is 0 Å². The fraction of sp³-hybridized carbons (Fsp3) is 0.800. The molecule has 4 nitrogen and oxygen atoms in total. The van der Waals surface area contributed by atoms with Gasteiger partial charge in [0.1, 0.15) is 0 Å². The Morgan fingerprint density at radius 1 is 1.47 bits per heavy atom. The van der Waals surface area contributed by atoms with E-state index in [0.717, 1.165) is 24.5 Å². The maximum atomic E-state index is 5.42. The van der Waals surface area contributed by atoms with E-state index in [1.807, 2.05) is 0 Å². The molecule has 1 unspecified atom stereocenters. The van der Waals surface area contributed by atoms with Gasteiger partial charge in [0.15, 0.2) is 5.76 Å². The van der Waals surface area contributed by atoms with E-state index in [1.165, 1.54) is 12.8 Å². The summed E-state index contributed by atoms with van der Waals surface area (Å²) < 4.78 is 5.42. The molecule has 108 valence electrons. The van der Waals surface area contributed by atoms with Gasteiger partial charge >= 0.3 is 0 Å². The quantitative estimate of drug-likeness (QED) is 0.858. The average molecular weight is 265 g/mol. The molecule has 4 heteroatoms. The summed E-state index contributed by atoms with van der Waals surface area (Å²) in [5.41, 5.74) is 1.28. The second kappa shape index (κ2) is 5.63. The van der Waals surface area contributed by atoms with Crippen molar-refractivity contribution in [2.24, 2.45) is 5.41 Å². The molecule has 1 heterocycles. The monoisotopic (exact) mass is 265 g/mol. The molecule has 0 radical (unpaired) electrons. The molecule has 0 aliphatic heterocycles. The van der Waals surface area contributed by atoms with Crippen molar-refractivity contribution in [1.29, 1.82) is 0 Å². The summed E-state index contributed by atoms with van der Waals surface area (Å²) in [7, 11) is 2.14. The molecule has 0 saturated heterocycles. The third-order valence-electron chi connectivity index (χ3n) is 4.08. The number of aromatic nitrogens is 1. The van der Waals surface area contributed by atoms with Gasteiger partial charge in [0, 0.05) is 24.7 Å². The first-order valence-electron chi connectivity index (χ1n) is 7.24. The van der Waals surface area contributed by atoms with E-state index < -0.39 is 0 Å². The Kier molecular flexibility index (Phi) is 4.31. The van der Waals surface area contributed by atoms with Crippen LogP contribution in [0.25, 0.3) is 0 Å². The van der Waals surface area contributed by atoms with E-state index in [1.54, 1.807) is 0 Å². The lowest BCUT2D eigenvalue weighted by atomic mass is 9.87. The van der Waals surface area contributed by atoms with E-state index in [2.05, 4.69) is 56.2 Å². The van der Waals surface area contributed by atoms with Gasteiger partial charge in [-0.05, 0) is 32.2 Å². The normalized spacial score (nSPS) is 18.0. The summed E-state index contributed by atoms with van der Waals surface area (Å²) in [4.78, 5) is 2.32. The van der Waals surface area contributed by atoms with Gasteiger partial charge < -0.3 is 9.84 Å². The van der Waals surface area contributed by atoms with E-state index >= 15 is 0 Å². The Morgan fingerprint density at radius 2 is 2.16 bits per heavy atom. The Bertz CT molecular complexity index is 404. The van der Waals surface area contributed by atoms with Gasteiger partial charge in [-0.2, -0.15) is 0 Å². The third-order valence-corrected chi connectivity index (χ3v) is 4.08. The minimum absolute atomic E-state index is 0.269. The van der Waals surface area contributed by atoms with Crippen LogP contribution in [0.15, 0.2) is 10.6 Å². The summed E-state index contributed by atoms with van der Waals surface area (Å²) in [6.07, 6.45) is 2.60. The van der Waals surface area contributed by atoms with Gasteiger partial charge in [-0.15, -0.1) is 0 Å². The molecule has 1 aromatic heterocycles. The smallest absolute Gasteiger partial charge is 0.151 e. The molecule has 1 atom stereocenters. The molecule has 1 saturated carbocycles. The molecule has 1 aromatic rings. The zero-order chi connectivity index (χ0) is 14.0. The highest BCUT2D eigenvalue weighted by Gasteiger charge is 2.25. The summed E-state index contributed by atoms with van der Waals surface area (Å²) in [5, 5.41) is 7.58. The molecule has 1 fully saturated rings. The van der Waals surface area contributed by atoms with Gasteiger partial charge in [0.25, 0.3) is 0 Å². The Balaban J connectivity index is 1.84. The van der Waals surface area contributed by atoms with Crippen molar-refractivity contribution in [1.82, 2.24) is 15.4 Å². The van der Waals surface area contributed by atoms with Crippen molar-refractivity contribution in [2.75, 3.05) is 7.05 Å². The molecule has 1 N–H and O–H groups in total. The van der Waals surface area contributed by atoms with Crippen molar-refractivity contribution in [3.8, 4) is 0 Å². The molecule has 0 bridgehead atoms. The molecular formula is C15H27N3O. The number of hydrogen-bond donors (Lipinski definition) is 1. The molecule has 1 aliphatic rings. The highest BCUT2D eigenvalue weighted by atomic mass is 16.5. The average Bonchev–Trinajstić information content (AvgIpc) is 3.05. The first-order valence-corrected chi connectivity index (χ1v) is 7.24. The molecule has 19 heavy (non-hydrogen) atoms. The largest absolute Gasteiger partial charge is 0.360 e. The lowest BCUT2D eigenvalue weighted by Crippen LogP contribution is -2.38. The summed E-state index contributed by atoms with van der Waals surface area (Å²) in [5.74, 6) is 0.950. The van der Waals surface area contributed by atoms with Crippen molar-refractivity contribution < 1.29 is 4.52 Å². The first-order chi connectivity index (χ1) is 8.86. The summed E-state index contributed by atoms with van der Waals surface area (Å²) in [6.45, 7) is 10.7. The predicted octanol–water partition coefficient (Wildman–Crippen LogP) is 2.79. The van der Waals surface area contributed by atoms with Crippen LogP contribution in [0.3, 0.4) is 0 Å². The zero-order valence-electron chi connectivity index (χ0n) is 12.9. The second-order valence-corrected chi connectivity index (χ2v) is 6.90. The molecule has 0 aromatic carbocycles. The van der Waals surface area contributed by atoms with Crippen LogP contribution in [0.4, 0.5) is 0 Å². The molecule has 0 spiro atoms. The van der Waals surface area contributed by atoms with Crippen LogP contribution < -0.4 is 5.32 Å². The minimum Gasteiger partial charge on any atom is -0.360 e. The van der Waals surface area contributed by atoms with Crippen LogP contribution in [0.1, 0.15) is 52.0 Å². The van der Waals surface area contributed by atoms with Crippen LogP contribution in [-0.2, 0) is 13.1 Å². The van der Waals surface area contributed by atoms with Crippen LogP contribution in [0, 0.1) is 5.41 Å². The van der Waals surface area contributed by atoms with E-state index in [9.17, 15) is 0 Å². The third kappa shape index (κ3) is 4.32. The van der Waals surface area contributed by atoms with Crippen LogP contribution in [0.5, 0.6) is 0 Å². The highest BCUT2D eigenvalue weighted by molar-refractivity contribution is 5.06. The minimum atomic E-state index is 0.269. The number of hydrogen-bond acceptors (Lipinski definition) is 4. The SMILES string of the molecule is CC(N(C)Cc1cc(CNC2CC2)no1)C(C)(C)C. The highest BCUT2D eigenvalue weighted by Crippen LogP contribution is 2.24. The van der Waals surface area contributed by atoms with Gasteiger partial charge in [-0.1, -0.05) is 25.9 Å². The summed E-state index contributed by atoms with van der Waals surface area (Å²) in [6, 6.07) is 3.27. The Labute approximate surface area is 116 Å². The topological polar surface area (TPSA) is 41.3 Å². The van der Waals surface area contributed by atoms with E-state index in [4.69, 9.17) is 4.52 Å². The number of nitrogens with one attached hydrogen (secondary N) is 1. The lowest BCUT2D eigenvalue weighted by molar-refractivity contribution is 0.124. The number of nitrogens with zero attached hydrogens (tertiary/aromatic N) is 2. The van der Waals surface area contributed by atoms with E-state index in [0.29, 0.717) is 12.1 Å². The van der Waals surface area contributed by atoms with Gasteiger partial charge in [-0.3, -0.25) is 4.90 Å². The van der Waals surface area contributed by atoms with Crippen molar-refractivity contribution >= 4 is 0 Å². The fourth-order valence-electron chi connectivity index (χ4n) is 2.09. The second-order valence-electron chi connectivity index (χ2n) is 6.90. The maximum Gasteiger partial charge on any atom is 0.151 e.